The van der Waals surface area contributed by atoms with E-state index in [-0.39, 0.29) is 11.2 Å². The molecule has 0 fully saturated rings. The molecule has 1 rings (SSSR count). The monoisotopic (exact) mass is 181 g/mol. The normalized spacial score (nSPS) is 11.7. The van der Waals surface area contributed by atoms with Crippen molar-refractivity contribution in [3.05, 3.63) is 35.6 Å². The fraction of sp³-hybridized carbons (Fsp3) is 0.455. The van der Waals surface area contributed by atoms with E-state index in [1.807, 2.05) is 33.0 Å². The van der Waals surface area contributed by atoms with Crippen molar-refractivity contribution in [1.82, 2.24) is 5.32 Å². The van der Waals surface area contributed by atoms with Gasteiger partial charge in [0.05, 0.1) is 0 Å². The maximum absolute atomic E-state index is 13.4. The summed E-state index contributed by atoms with van der Waals surface area (Å²) < 4.78 is 13.4. The van der Waals surface area contributed by atoms with Crippen LogP contribution >= 0.6 is 0 Å². The van der Waals surface area contributed by atoms with Crippen LogP contribution in [0.1, 0.15) is 19.4 Å². The molecule has 0 amide bonds. The molecule has 1 aromatic rings. The lowest BCUT2D eigenvalue weighted by molar-refractivity contribution is 0.462. The minimum absolute atomic E-state index is 0.122. The summed E-state index contributed by atoms with van der Waals surface area (Å²) in [7, 11) is 1.88. The van der Waals surface area contributed by atoms with Crippen LogP contribution in [-0.2, 0) is 5.41 Å². The van der Waals surface area contributed by atoms with Crippen LogP contribution in [0, 0.1) is 5.82 Å². The Labute approximate surface area is 79.0 Å². The van der Waals surface area contributed by atoms with Gasteiger partial charge in [-0.2, -0.15) is 0 Å². The molecule has 0 aliphatic carbocycles. The summed E-state index contributed by atoms with van der Waals surface area (Å²) in [5.74, 6) is -0.122. The Hall–Kier alpha value is -0.890. The molecule has 0 aliphatic rings. The van der Waals surface area contributed by atoms with Crippen LogP contribution in [-0.4, -0.2) is 13.6 Å². The SMILES string of the molecule is CNCC(C)(C)c1ccccc1F. The summed E-state index contributed by atoms with van der Waals surface area (Å²) in [5, 5.41) is 3.07. The smallest absolute Gasteiger partial charge is 0.126 e. The van der Waals surface area contributed by atoms with Crippen LogP contribution in [0.15, 0.2) is 24.3 Å². The highest BCUT2D eigenvalue weighted by Crippen LogP contribution is 2.24. The Bertz CT molecular complexity index is 281. The van der Waals surface area contributed by atoms with E-state index in [4.69, 9.17) is 0 Å². The molecule has 1 nitrogen and oxygen atoms in total. The quantitative estimate of drug-likeness (QED) is 0.754. The van der Waals surface area contributed by atoms with Gasteiger partial charge in [-0.1, -0.05) is 32.0 Å². The lowest BCUT2D eigenvalue weighted by Crippen LogP contribution is -2.31. The molecule has 1 N–H and O–H groups in total. The summed E-state index contributed by atoms with van der Waals surface area (Å²) >= 11 is 0. The molecule has 1 aromatic carbocycles. The molecule has 0 heterocycles. The zero-order chi connectivity index (χ0) is 9.90. The van der Waals surface area contributed by atoms with Crippen molar-refractivity contribution in [2.75, 3.05) is 13.6 Å². The summed E-state index contributed by atoms with van der Waals surface area (Å²) in [6.07, 6.45) is 0. The first kappa shape index (κ1) is 10.2. The fourth-order valence-corrected chi connectivity index (χ4v) is 1.55. The summed E-state index contributed by atoms with van der Waals surface area (Å²) in [5.41, 5.74) is 0.615. The third-order valence-corrected chi connectivity index (χ3v) is 2.22. The Morgan fingerprint density at radius 3 is 2.46 bits per heavy atom. The highest BCUT2D eigenvalue weighted by atomic mass is 19.1. The number of halogens is 1. The van der Waals surface area contributed by atoms with Crippen molar-refractivity contribution in [1.29, 1.82) is 0 Å². The first-order valence-corrected chi connectivity index (χ1v) is 4.47. The third-order valence-electron chi connectivity index (χ3n) is 2.22. The summed E-state index contributed by atoms with van der Waals surface area (Å²) in [4.78, 5) is 0. The summed E-state index contributed by atoms with van der Waals surface area (Å²) in [6, 6.07) is 6.93. The second-order valence-corrected chi connectivity index (χ2v) is 3.89. The van der Waals surface area contributed by atoms with Crippen LogP contribution in [0.3, 0.4) is 0 Å². The lowest BCUT2D eigenvalue weighted by Gasteiger charge is -2.25. The van der Waals surface area contributed by atoms with Gasteiger partial charge >= 0.3 is 0 Å². The Balaban J connectivity index is 2.99. The van der Waals surface area contributed by atoms with Crippen molar-refractivity contribution in [2.45, 2.75) is 19.3 Å². The van der Waals surface area contributed by atoms with Gasteiger partial charge in [0.15, 0.2) is 0 Å². The zero-order valence-corrected chi connectivity index (χ0v) is 8.39. The molecule has 0 atom stereocenters. The Kier molecular flexibility index (Phi) is 3.04. The van der Waals surface area contributed by atoms with Crippen LogP contribution < -0.4 is 5.32 Å². The Morgan fingerprint density at radius 1 is 1.31 bits per heavy atom. The number of benzene rings is 1. The molecule has 0 aromatic heterocycles. The molecule has 0 radical (unpaired) electrons. The molecular weight excluding hydrogens is 165 g/mol. The second-order valence-electron chi connectivity index (χ2n) is 3.89. The van der Waals surface area contributed by atoms with Crippen molar-refractivity contribution < 1.29 is 4.39 Å². The second kappa shape index (κ2) is 3.88. The van der Waals surface area contributed by atoms with E-state index in [2.05, 4.69) is 5.32 Å². The van der Waals surface area contributed by atoms with Gasteiger partial charge in [0.2, 0.25) is 0 Å². The maximum Gasteiger partial charge on any atom is 0.126 e. The highest BCUT2D eigenvalue weighted by molar-refractivity contribution is 5.25. The van der Waals surface area contributed by atoms with Gasteiger partial charge in [-0.15, -0.1) is 0 Å². The van der Waals surface area contributed by atoms with Crippen LogP contribution in [0.2, 0.25) is 0 Å². The van der Waals surface area contributed by atoms with E-state index in [0.717, 1.165) is 12.1 Å². The van der Waals surface area contributed by atoms with E-state index >= 15 is 0 Å². The molecule has 2 heteroatoms. The predicted octanol–water partition coefficient (Wildman–Crippen LogP) is 2.32. The van der Waals surface area contributed by atoms with Crippen molar-refractivity contribution in [3.8, 4) is 0 Å². The first-order chi connectivity index (χ1) is 6.08. The van der Waals surface area contributed by atoms with E-state index in [1.165, 1.54) is 6.07 Å². The molecule has 0 unspecified atom stereocenters. The van der Waals surface area contributed by atoms with Crippen LogP contribution in [0.25, 0.3) is 0 Å². The predicted molar refractivity (Wildman–Crippen MR) is 53.4 cm³/mol. The van der Waals surface area contributed by atoms with Gasteiger partial charge in [0, 0.05) is 12.0 Å². The minimum Gasteiger partial charge on any atom is -0.319 e. The molecule has 72 valence electrons. The Morgan fingerprint density at radius 2 is 1.92 bits per heavy atom. The first-order valence-electron chi connectivity index (χ1n) is 4.47. The van der Waals surface area contributed by atoms with E-state index in [9.17, 15) is 4.39 Å². The van der Waals surface area contributed by atoms with Gasteiger partial charge in [-0.25, -0.2) is 4.39 Å². The lowest BCUT2D eigenvalue weighted by atomic mass is 9.84. The van der Waals surface area contributed by atoms with Crippen LogP contribution in [0.4, 0.5) is 4.39 Å². The zero-order valence-electron chi connectivity index (χ0n) is 8.39. The molecule has 0 spiro atoms. The standard InChI is InChI=1S/C11H16FN/c1-11(2,8-13-3)9-6-4-5-7-10(9)12/h4-7,13H,8H2,1-3H3. The highest BCUT2D eigenvalue weighted by Gasteiger charge is 2.22. The van der Waals surface area contributed by atoms with Gasteiger partial charge in [0.1, 0.15) is 5.82 Å². The van der Waals surface area contributed by atoms with E-state index < -0.39 is 0 Å². The van der Waals surface area contributed by atoms with Gasteiger partial charge in [-0.05, 0) is 18.7 Å². The van der Waals surface area contributed by atoms with Crippen LogP contribution in [0.5, 0.6) is 0 Å². The van der Waals surface area contributed by atoms with Gasteiger partial charge in [-0.3, -0.25) is 0 Å². The van der Waals surface area contributed by atoms with Gasteiger partial charge < -0.3 is 5.32 Å². The molecule has 13 heavy (non-hydrogen) atoms. The van der Waals surface area contributed by atoms with E-state index in [0.29, 0.717) is 0 Å². The number of hydrogen-bond acceptors (Lipinski definition) is 1. The average molecular weight is 181 g/mol. The number of likely N-dealkylation sites (N-methyl/N-ethyl adjacent to an activating group) is 1. The topological polar surface area (TPSA) is 12.0 Å². The minimum atomic E-state index is -0.153. The fourth-order valence-electron chi connectivity index (χ4n) is 1.55. The number of rotatable bonds is 3. The van der Waals surface area contributed by atoms with Crippen molar-refractivity contribution in [2.24, 2.45) is 0 Å². The maximum atomic E-state index is 13.4. The number of nitrogens with one attached hydrogen (secondary N) is 1. The molecule has 0 bridgehead atoms. The molecule has 0 aliphatic heterocycles. The molecule has 0 saturated heterocycles. The molecular formula is C11H16FN. The van der Waals surface area contributed by atoms with Gasteiger partial charge in [0.25, 0.3) is 0 Å². The summed E-state index contributed by atoms with van der Waals surface area (Å²) in [6.45, 7) is 4.83. The van der Waals surface area contributed by atoms with Crippen molar-refractivity contribution in [3.63, 3.8) is 0 Å². The van der Waals surface area contributed by atoms with E-state index in [1.54, 1.807) is 6.07 Å². The number of hydrogen-bond donors (Lipinski definition) is 1. The average Bonchev–Trinajstić information content (AvgIpc) is 2.04. The third kappa shape index (κ3) is 2.28. The van der Waals surface area contributed by atoms with Crippen molar-refractivity contribution >= 4 is 0 Å². The molecule has 0 saturated carbocycles. The largest absolute Gasteiger partial charge is 0.319 e.